The first-order valence-corrected chi connectivity index (χ1v) is 25.3. The Bertz CT molecular complexity index is 2990. The molecule has 4 fully saturated rings. The van der Waals surface area contributed by atoms with Crippen molar-refractivity contribution in [3.05, 3.63) is 106 Å². The molecule has 5 N–H and O–H groups in total. The third-order valence-electron chi connectivity index (χ3n) is 16.2. The zero-order chi connectivity index (χ0) is 51.5. The Balaban J connectivity index is 0.777. The first kappa shape index (κ1) is 50.0. The van der Waals surface area contributed by atoms with Crippen molar-refractivity contribution in [1.29, 1.82) is 0 Å². The zero-order valence-electron chi connectivity index (χ0n) is 41.1. The number of likely N-dealkylation sites (tertiary alicyclic amines) is 2. The van der Waals surface area contributed by atoms with Crippen LogP contribution in [0.5, 0.6) is 11.5 Å². The molecule has 5 heterocycles. The molecule has 1 aromatic heterocycles. The van der Waals surface area contributed by atoms with Crippen LogP contribution in [0.3, 0.4) is 0 Å². The minimum Gasteiger partial charge on any atom is -0.488 e. The number of ether oxygens (including phenoxy) is 2. The number of hydrogen-bond donors (Lipinski definition) is 4. The monoisotopic (exact) mass is 1010 g/mol. The van der Waals surface area contributed by atoms with Gasteiger partial charge in [-0.05, 0) is 106 Å². The minimum absolute atomic E-state index is 0.0131. The number of nitrogens with two attached hydrogens (primary N) is 1. The number of carbonyl (C=O) groups is 4. The number of primary amides is 1. The summed E-state index contributed by atoms with van der Waals surface area (Å²) >= 11 is 0. The van der Waals surface area contributed by atoms with Crippen LogP contribution in [0.1, 0.15) is 103 Å². The van der Waals surface area contributed by atoms with E-state index in [1.54, 1.807) is 7.05 Å². The van der Waals surface area contributed by atoms with Gasteiger partial charge in [-0.1, -0.05) is 37.3 Å². The number of piperidine rings is 1. The average molecular weight is 1010 g/mol. The highest BCUT2D eigenvalue weighted by atomic mass is 19.1. The molecule has 4 aliphatic heterocycles. The van der Waals surface area contributed by atoms with Crippen molar-refractivity contribution in [1.82, 2.24) is 30.2 Å². The fraction of sp³-hybridized carbons (Fsp3) is 0.463. The van der Waals surface area contributed by atoms with E-state index >= 15 is 17.6 Å². The second kappa shape index (κ2) is 20.0. The molecule has 5 amide bonds. The zero-order valence-corrected chi connectivity index (χ0v) is 41.1. The molecule has 5 aromatic rings. The van der Waals surface area contributed by atoms with Crippen molar-refractivity contribution in [2.75, 3.05) is 57.4 Å². The number of aryl methyl sites for hydroxylation is 1. The van der Waals surface area contributed by atoms with E-state index in [-0.39, 0.29) is 112 Å². The lowest BCUT2D eigenvalue weighted by Gasteiger charge is -2.38. The van der Waals surface area contributed by atoms with Gasteiger partial charge in [0.05, 0.1) is 17.6 Å². The topological polar surface area (TPSA) is 185 Å². The van der Waals surface area contributed by atoms with E-state index in [9.17, 15) is 24.3 Å². The van der Waals surface area contributed by atoms with Crippen molar-refractivity contribution >= 4 is 40.5 Å². The summed E-state index contributed by atoms with van der Waals surface area (Å²) in [5, 5.41) is 19.9. The maximum atomic E-state index is 16.5. The highest BCUT2D eigenvalue weighted by Gasteiger charge is 2.50. The molecule has 3 atom stereocenters. The summed E-state index contributed by atoms with van der Waals surface area (Å²) in [7, 11) is 1.55. The molecule has 3 unspecified atom stereocenters. The number of halogens is 4. The van der Waals surface area contributed by atoms with Gasteiger partial charge in [0.25, 0.3) is 0 Å². The second-order valence-corrected chi connectivity index (χ2v) is 20.2. The van der Waals surface area contributed by atoms with Crippen LogP contribution < -0.4 is 30.7 Å². The van der Waals surface area contributed by atoms with Crippen LogP contribution in [0, 0.1) is 36.1 Å². The summed E-state index contributed by atoms with van der Waals surface area (Å²) in [5.41, 5.74) is 6.06. The smallest absolute Gasteiger partial charge is 0.329 e. The standard InChI is InChI=1S/C54H60F4N8O7/c1-29-38(55)26-41-44(43(29)46-36(50(59)69)13-14-40(47(46)57)72-24-23-67)30(2)54(73-41,33-7-5-4-6-8-33)28-60-34-11-9-32(10-12-34)52(70)65-21-17-35(27-65)64-19-15-31(16-20-64)45-39(56)25-37-49(48(45)58)63(3)62-51(37)66-22-18-42(68)61-53(66)71/h4-8,13-14,25-26,30-32,34-35,60,67H,9-12,15-24,27-28H2,1-3H3,(H2,59,69)(H,61,68,71). The van der Waals surface area contributed by atoms with Crippen LogP contribution in [-0.2, 0) is 22.2 Å². The van der Waals surface area contributed by atoms with Crippen LogP contribution in [-0.4, -0.2) is 113 Å². The molecule has 5 aliphatic rings. The Kier molecular flexibility index (Phi) is 13.7. The Morgan fingerprint density at radius 3 is 2.36 bits per heavy atom. The molecule has 0 bridgehead atoms. The number of nitrogens with zero attached hydrogens (tertiary/aromatic N) is 5. The summed E-state index contributed by atoms with van der Waals surface area (Å²) in [5.74, 6) is -5.06. The normalized spacial score (nSPS) is 23.7. The Morgan fingerprint density at radius 2 is 1.66 bits per heavy atom. The van der Waals surface area contributed by atoms with E-state index < -0.39 is 52.6 Å². The molecule has 3 saturated heterocycles. The van der Waals surface area contributed by atoms with Gasteiger partial charge in [0.2, 0.25) is 17.7 Å². The summed E-state index contributed by atoms with van der Waals surface area (Å²) in [6.07, 6.45) is 4.75. The second-order valence-electron chi connectivity index (χ2n) is 20.2. The first-order valence-electron chi connectivity index (χ1n) is 25.3. The van der Waals surface area contributed by atoms with E-state index in [2.05, 4.69) is 20.6 Å². The number of carbonyl (C=O) groups excluding carboxylic acids is 4. The molecule has 73 heavy (non-hydrogen) atoms. The summed E-state index contributed by atoms with van der Waals surface area (Å²) < 4.78 is 78.4. The molecule has 19 heteroatoms. The van der Waals surface area contributed by atoms with Crippen LogP contribution in [0.2, 0.25) is 0 Å². The molecule has 0 spiro atoms. The summed E-state index contributed by atoms with van der Waals surface area (Å²) in [6.45, 7) is 5.71. The molecule has 1 aliphatic carbocycles. The molecule has 10 rings (SSSR count). The number of aromatic nitrogens is 2. The molecule has 0 radical (unpaired) electrons. The van der Waals surface area contributed by atoms with E-state index in [0.717, 1.165) is 24.8 Å². The van der Waals surface area contributed by atoms with Gasteiger partial charge in [0.15, 0.2) is 28.8 Å². The highest BCUT2D eigenvalue weighted by molar-refractivity contribution is 6.09. The number of anilines is 1. The van der Waals surface area contributed by atoms with Gasteiger partial charge in [-0.2, -0.15) is 5.10 Å². The molecule has 15 nitrogen and oxygen atoms in total. The fourth-order valence-electron chi connectivity index (χ4n) is 12.3. The van der Waals surface area contributed by atoms with Gasteiger partial charge < -0.3 is 30.5 Å². The van der Waals surface area contributed by atoms with Gasteiger partial charge in [0.1, 0.15) is 29.5 Å². The maximum absolute atomic E-state index is 16.5. The van der Waals surface area contributed by atoms with E-state index in [1.165, 1.54) is 40.8 Å². The van der Waals surface area contributed by atoms with Crippen molar-refractivity contribution in [2.24, 2.45) is 18.7 Å². The Morgan fingerprint density at radius 1 is 0.918 bits per heavy atom. The lowest BCUT2D eigenvalue weighted by atomic mass is 9.76. The third kappa shape index (κ3) is 8.96. The van der Waals surface area contributed by atoms with Gasteiger partial charge in [0, 0.05) is 86.3 Å². The average Bonchev–Trinajstić information content (AvgIpc) is 4.08. The largest absolute Gasteiger partial charge is 0.488 e. The third-order valence-corrected chi connectivity index (χ3v) is 16.2. The SMILES string of the molecule is Cc1c(F)cc2c(c1-c1c(C(N)=O)ccc(OCCO)c1F)C(C)C(CNC1CCC(C(=O)N3CCC(N4CCC(c5c(F)cc6c(N7CCC(=O)NC7=O)nn(C)c6c5F)CC4)C3)CC1)(c1ccccc1)O2. The van der Waals surface area contributed by atoms with E-state index in [4.69, 9.17) is 15.2 Å². The Labute approximate surface area is 419 Å². The number of aliphatic hydroxyl groups excluding tert-OH is 1. The lowest BCUT2D eigenvalue weighted by molar-refractivity contribution is -0.135. The molecular formula is C54H60F4N8O7. The van der Waals surface area contributed by atoms with Crippen LogP contribution in [0.4, 0.5) is 28.2 Å². The van der Waals surface area contributed by atoms with Crippen molar-refractivity contribution in [3.8, 4) is 22.6 Å². The molecule has 386 valence electrons. The fourth-order valence-corrected chi connectivity index (χ4v) is 12.3. The minimum atomic E-state index is -1.09. The molecule has 4 aromatic carbocycles. The van der Waals surface area contributed by atoms with Crippen LogP contribution >= 0.6 is 0 Å². The number of amides is 5. The predicted molar refractivity (Wildman–Crippen MR) is 263 cm³/mol. The highest BCUT2D eigenvalue weighted by Crippen LogP contribution is 2.56. The van der Waals surface area contributed by atoms with Gasteiger partial charge in [-0.25, -0.2) is 22.4 Å². The van der Waals surface area contributed by atoms with Crippen LogP contribution in [0.15, 0.2) is 54.6 Å². The number of benzene rings is 4. The van der Waals surface area contributed by atoms with E-state index in [0.29, 0.717) is 64.0 Å². The summed E-state index contributed by atoms with van der Waals surface area (Å²) in [6, 6.07) is 14.2. The number of imide groups is 1. The van der Waals surface area contributed by atoms with Crippen molar-refractivity contribution < 1.29 is 51.3 Å². The lowest BCUT2D eigenvalue weighted by Crippen LogP contribution is -2.49. The number of nitrogens with one attached hydrogen (secondary N) is 2. The maximum Gasteiger partial charge on any atom is 0.329 e. The predicted octanol–water partition coefficient (Wildman–Crippen LogP) is 7.04. The number of aliphatic hydroxyl groups is 1. The quantitative estimate of drug-likeness (QED) is 0.0893. The molecule has 1 saturated carbocycles. The number of rotatable bonds is 13. The van der Waals surface area contributed by atoms with Crippen molar-refractivity contribution in [2.45, 2.75) is 94.7 Å². The Hall–Kier alpha value is -6.57. The summed E-state index contributed by atoms with van der Waals surface area (Å²) in [4.78, 5) is 56.7. The van der Waals surface area contributed by atoms with Gasteiger partial charge in [-0.3, -0.25) is 34.2 Å². The molecular weight excluding hydrogens is 949 g/mol. The van der Waals surface area contributed by atoms with Crippen molar-refractivity contribution in [3.63, 3.8) is 0 Å². The number of hydrogen-bond acceptors (Lipinski definition) is 10. The van der Waals surface area contributed by atoms with Crippen LogP contribution in [0.25, 0.3) is 22.0 Å². The number of urea groups is 1. The number of fused-ring (bicyclic) bond motifs is 2. The van der Waals surface area contributed by atoms with E-state index in [1.807, 2.05) is 42.2 Å². The first-order chi connectivity index (χ1) is 35.1. The van der Waals surface area contributed by atoms with Gasteiger partial charge >= 0.3 is 6.03 Å². The van der Waals surface area contributed by atoms with Gasteiger partial charge in [-0.15, -0.1) is 0 Å².